The van der Waals surface area contributed by atoms with Gasteiger partial charge in [-0.2, -0.15) is 13.2 Å². The van der Waals surface area contributed by atoms with Gasteiger partial charge in [-0.3, -0.25) is 0 Å². The first-order valence-corrected chi connectivity index (χ1v) is 9.40. The monoisotopic (exact) mass is 413 g/mol. The number of ether oxygens (including phenoxy) is 1. The lowest BCUT2D eigenvalue weighted by Gasteiger charge is -2.16. The minimum Gasteiger partial charge on any atom is -0.489 e. The highest BCUT2D eigenvalue weighted by molar-refractivity contribution is 6.00. The van der Waals surface area contributed by atoms with Crippen molar-refractivity contribution in [1.29, 1.82) is 0 Å². The summed E-state index contributed by atoms with van der Waals surface area (Å²) in [7, 11) is 0. The Balaban J connectivity index is 1.45. The fourth-order valence-electron chi connectivity index (χ4n) is 3.30. The third-order valence-electron chi connectivity index (χ3n) is 4.92. The molecule has 0 saturated carbocycles. The van der Waals surface area contributed by atoms with Gasteiger partial charge >= 0.3 is 6.18 Å². The lowest BCUT2D eigenvalue weighted by Crippen LogP contribution is -2.15. The van der Waals surface area contributed by atoms with Gasteiger partial charge in [-0.05, 0) is 66.8 Å². The standard InChI is InChI=1S/C22H18F3N3O2/c23-22(24,25)17-8-4-14(5-9-17)13-30-18-10-6-15(7-11-18)21-26-12-16-2-1-3-19(28-29)20(16)27-21/h4-12,29H,1-3,13H2. The molecule has 1 aromatic heterocycles. The van der Waals surface area contributed by atoms with Crippen molar-refractivity contribution in [3.05, 3.63) is 77.1 Å². The van der Waals surface area contributed by atoms with E-state index in [4.69, 9.17) is 4.74 Å². The molecular formula is C22H18F3N3O2. The molecule has 1 aliphatic carbocycles. The topological polar surface area (TPSA) is 67.6 Å². The van der Waals surface area contributed by atoms with Crippen molar-refractivity contribution < 1.29 is 23.1 Å². The molecule has 1 aliphatic rings. The number of benzene rings is 2. The lowest BCUT2D eigenvalue weighted by molar-refractivity contribution is -0.137. The van der Waals surface area contributed by atoms with Crippen molar-refractivity contribution in [3.8, 4) is 17.1 Å². The first-order valence-electron chi connectivity index (χ1n) is 9.40. The number of fused-ring (bicyclic) bond motifs is 1. The Hall–Kier alpha value is -3.42. The summed E-state index contributed by atoms with van der Waals surface area (Å²) in [5.74, 6) is 1.10. The zero-order valence-corrected chi connectivity index (χ0v) is 15.9. The summed E-state index contributed by atoms with van der Waals surface area (Å²) in [6.07, 6.45) is -0.156. The lowest BCUT2D eigenvalue weighted by atomic mass is 9.95. The molecule has 4 rings (SSSR count). The van der Waals surface area contributed by atoms with E-state index in [1.54, 1.807) is 18.3 Å². The zero-order valence-electron chi connectivity index (χ0n) is 15.9. The predicted octanol–water partition coefficient (Wildman–Crippen LogP) is 5.26. The maximum atomic E-state index is 12.6. The molecule has 2 aromatic carbocycles. The molecule has 0 spiro atoms. The Kier molecular flexibility index (Phi) is 5.39. The van der Waals surface area contributed by atoms with Crippen LogP contribution in [0.25, 0.3) is 11.4 Å². The number of oxime groups is 1. The molecule has 1 N–H and O–H groups in total. The smallest absolute Gasteiger partial charge is 0.416 e. The van der Waals surface area contributed by atoms with E-state index in [0.29, 0.717) is 35.0 Å². The molecule has 0 unspecified atom stereocenters. The predicted molar refractivity (Wildman–Crippen MR) is 105 cm³/mol. The molecule has 3 aromatic rings. The van der Waals surface area contributed by atoms with Gasteiger partial charge in [0.15, 0.2) is 5.82 Å². The summed E-state index contributed by atoms with van der Waals surface area (Å²) < 4.78 is 43.5. The van der Waals surface area contributed by atoms with E-state index in [1.165, 1.54) is 12.1 Å². The van der Waals surface area contributed by atoms with E-state index in [9.17, 15) is 18.4 Å². The molecule has 154 valence electrons. The number of alkyl halides is 3. The van der Waals surface area contributed by atoms with Crippen LogP contribution in [0, 0.1) is 0 Å². The highest BCUT2D eigenvalue weighted by Gasteiger charge is 2.29. The van der Waals surface area contributed by atoms with Gasteiger partial charge in [0.25, 0.3) is 0 Å². The maximum absolute atomic E-state index is 12.6. The van der Waals surface area contributed by atoms with Crippen molar-refractivity contribution in [3.63, 3.8) is 0 Å². The van der Waals surface area contributed by atoms with E-state index in [-0.39, 0.29) is 6.61 Å². The summed E-state index contributed by atoms with van der Waals surface area (Å²) in [4.78, 5) is 8.95. The highest BCUT2D eigenvalue weighted by Crippen LogP contribution is 2.29. The Morgan fingerprint density at radius 1 is 1.00 bits per heavy atom. The summed E-state index contributed by atoms with van der Waals surface area (Å²) in [6, 6.07) is 12.0. The van der Waals surface area contributed by atoms with E-state index < -0.39 is 11.7 Å². The second-order valence-electron chi connectivity index (χ2n) is 6.98. The van der Waals surface area contributed by atoms with Gasteiger partial charge in [0.1, 0.15) is 18.1 Å². The summed E-state index contributed by atoms with van der Waals surface area (Å²) in [5.41, 5.74) is 2.94. The van der Waals surface area contributed by atoms with Gasteiger partial charge in [-0.1, -0.05) is 17.3 Å². The Labute approximate surface area is 170 Å². The fraction of sp³-hybridized carbons (Fsp3) is 0.227. The third kappa shape index (κ3) is 4.27. The normalized spacial score (nSPS) is 15.1. The number of aromatic nitrogens is 2. The largest absolute Gasteiger partial charge is 0.489 e. The first-order chi connectivity index (χ1) is 14.4. The van der Waals surface area contributed by atoms with Crippen LogP contribution in [0.5, 0.6) is 5.75 Å². The number of rotatable bonds is 4. The molecule has 0 bridgehead atoms. The number of hydrogen-bond acceptors (Lipinski definition) is 5. The SMILES string of the molecule is ON=C1CCCc2cnc(-c3ccc(OCc4ccc(C(F)(F)F)cc4)cc3)nc21. The second-order valence-corrected chi connectivity index (χ2v) is 6.98. The van der Waals surface area contributed by atoms with Gasteiger partial charge in [0.2, 0.25) is 0 Å². The fourth-order valence-corrected chi connectivity index (χ4v) is 3.30. The molecule has 0 aliphatic heterocycles. The molecule has 0 radical (unpaired) electrons. The van der Waals surface area contributed by atoms with Crippen LogP contribution in [0.1, 0.15) is 35.2 Å². The van der Waals surface area contributed by atoms with E-state index in [0.717, 1.165) is 36.1 Å². The van der Waals surface area contributed by atoms with Crippen LogP contribution in [-0.4, -0.2) is 20.9 Å². The molecule has 30 heavy (non-hydrogen) atoms. The minimum absolute atomic E-state index is 0.156. The molecular weight excluding hydrogens is 395 g/mol. The molecule has 0 atom stereocenters. The average Bonchev–Trinajstić information content (AvgIpc) is 2.77. The van der Waals surface area contributed by atoms with Crippen LogP contribution in [0.2, 0.25) is 0 Å². The van der Waals surface area contributed by atoms with Crippen molar-refractivity contribution >= 4 is 5.71 Å². The summed E-state index contributed by atoms with van der Waals surface area (Å²) in [6.45, 7) is 0.156. The van der Waals surface area contributed by atoms with Crippen LogP contribution >= 0.6 is 0 Å². The van der Waals surface area contributed by atoms with Crippen LogP contribution in [0.4, 0.5) is 13.2 Å². The van der Waals surface area contributed by atoms with E-state index in [2.05, 4.69) is 15.1 Å². The van der Waals surface area contributed by atoms with Gasteiger partial charge < -0.3 is 9.94 Å². The Morgan fingerprint density at radius 3 is 2.40 bits per heavy atom. The number of aryl methyl sites for hydroxylation is 1. The number of nitrogens with zero attached hydrogens (tertiary/aromatic N) is 3. The Bertz CT molecular complexity index is 1060. The quantitative estimate of drug-likeness (QED) is 0.468. The van der Waals surface area contributed by atoms with Crippen LogP contribution in [-0.2, 0) is 19.2 Å². The highest BCUT2D eigenvalue weighted by atomic mass is 19.4. The molecule has 0 saturated heterocycles. The molecule has 0 amide bonds. The molecule has 8 heteroatoms. The van der Waals surface area contributed by atoms with Crippen LogP contribution < -0.4 is 4.74 Å². The maximum Gasteiger partial charge on any atom is 0.416 e. The third-order valence-corrected chi connectivity index (χ3v) is 4.92. The summed E-state index contributed by atoms with van der Waals surface area (Å²) in [5, 5.41) is 12.6. The van der Waals surface area contributed by atoms with Gasteiger partial charge in [0, 0.05) is 11.8 Å². The van der Waals surface area contributed by atoms with E-state index in [1.807, 2.05) is 12.1 Å². The molecule has 5 nitrogen and oxygen atoms in total. The van der Waals surface area contributed by atoms with E-state index >= 15 is 0 Å². The summed E-state index contributed by atoms with van der Waals surface area (Å²) >= 11 is 0. The first kappa shape index (κ1) is 19.9. The molecule has 1 heterocycles. The van der Waals surface area contributed by atoms with Crippen molar-refractivity contribution in [2.45, 2.75) is 32.0 Å². The molecule has 0 fully saturated rings. The van der Waals surface area contributed by atoms with Gasteiger partial charge in [-0.25, -0.2) is 9.97 Å². The second kappa shape index (κ2) is 8.14. The number of hydrogen-bond donors (Lipinski definition) is 1. The van der Waals surface area contributed by atoms with Gasteiger partial charge in [-0.15, -0.1) is 0 Å². The van der Waals surface area contributed by atoms with Crippen molar-refractivity contribution in [2.24, 2.45) is 5.16 Å². The number of halogens is 3. The zero-order chi connectivity index (χ0) is 21.1. The average molecular weight is 413 g/mol. The van der Waals surface area contributed by atoms with Crippen LogP contribution in [0.3, 0.4) is 0 Å². The van der Waals surface area contributed by atoms with Gasteiger partial charge in [0.05, 0.1) is 11.3 Å². The van der Waals surface area contributed by atoms with Crippen LogP contribution in [0.15, 0.2) is 59.9 Å². The van der Waals surface area contributed by atoms with Crippen molar-refractivity contribution in [1.82, 2.24) is 9.97 Å². The van der Waals surface area contributed by atoms with Crippen molar-refractivity contribution in [2.75, 3.05) is 0 Å². The Morgan fingerprint density at radius 2 is 1.73 bits per heavy atom. The minimum atomic E-state index is -4.35.